The van der Waals surface area contributed by atoms with Crippen molar-refractivity contribution in [2.45, 2.75) is 11.8 Å². The van der Waals surface area contributed by atoms with Crippen molar-refractivity contribution in [1.82, 2.24) is 9.45 Å². The number of fused-ring (bicyclic) bond motifs is 1. The van der Waals surface area contributed by atoms with Gasteiger partial charge in [0.05, 0.1) is 7.11 Å². The maximum absolute atomic E-state index is 12.4. The van der Waals surface area contributed by atoms with Crippen molar-refractivity contribution < 1.29 is 18.0 Å². The molecule has 0 bridgehead atoms. The molecule has 8 heteroatoms. The first-order chi connectivity index (χ1) is 9.28. The van der Waals surface area contributed by atoms with E-state index in [1.807, 2.05) is 6.92 Å². The number of nitrogens with one attached hydrogen (secondary N) is 1. The van der Waals surface area contributed by atoms with Crippen LogP contribution in [0.2, 0.25) is 0 Å². The smallest absolute Gasteiger partial charge is 0.267 e. The Kier molecular flexibility index (Phi) is 3.55. The van der Waals surface area contributed by atoms with Gasteiger partial charge in [-0.15, -0.1) is 0 Å². The van der Waals surface area contributed by atoms with E-state index < -0.39 is 15.9 Å². The van der Waals surface area contributed by atoms with Crippen molar-refractivity contribution in [3.8, 4) is 0 Å². The van der Waals surface area contributed by atoms with Crippen LogP contribution in [-0.4, -0.2) is 37.9 Å². The zero-order valence-electron chi connectivity index (χ0n) is 11.3. The van der Waals surface area contributed by atoms with Gasteiger partial charge in [-0.3, -0.25) is 9.63 Å². The number of H-pyrrole nitrogens is 1. The number of hydrogen-bond donors (Lipinski definition) is 2. The molecule has 1 amide bonds. The Hall–Kier alpha value is -1.90. The van der Waals surface area contributed by atoms with Gasteiger partial charge in [0.2, 0.25) is 0 Å². The number of hydroxylamine groups is 1. The van der Waals surface area contributed by atoms with Crippen LogP contribution in [0.3, 0.4) is 0 Å². The summed E-state index contributed by atoms with van der Waals surface area (Å²) in [5.74, 6) is -0.845. The summed E-state index contributed by atoms with van der Waals surface area (Å²) in [7, 11) is -1.52. The predicted molar refractivity (Wildman–Crippen MR) is 73.5 cm³/mol. The summed E-state index contributed by atoms with van der Waals surface area (Å²) in [4.78, 5) is 18.8. The van der Waals surface area contributed by atoms with Crippen LogP contribution in [0.4, 0.5) is 0 Å². The lowest BCUT2D eigenvalue weighted by Crippen LogP contribution is -2.28. The van der Waals surface area contributed by atoms with Gasteiger partial charge in [-0.25, -0.2) is 8.42 Å². The maximum atomic E-state index is 12.4. The lowest BCUT2D eigenvalue weighted by Gasteiger charge is -2.14. The number of benzene rings is 1. The zero-order chi connectivity index (χ0) is 15.1. The monoisotopic (exact) mass is 297 g/mol. The first-order valence-corrected chi connectivity index (χ1v) is 7.18. The normalized spacial score (nSPS) is 12.2. The molecule has 1 heterocycles. The van der Waals surface area contributed by atoms with Gasteiger partial charge < -0.3 is 10.7 Å². The van der Waals surface area contributed by atoms with E-state index in [4.69, 9.17) is 10.6 Å². The average Bonchev–Trinajstić information content (AvgIpc) is 2.76. The van der Waals surface area contributed by atoms with Gasteiger partial charge in [-0.1, -0.05) is 16.1 Å². The number of nitrogens with two attached hydrogens (primary N) is 1. The fraction of sp³-hybridized carbons (Fsp3) is 0.250. The second-order valence-electron chi connectivity index (χ2n) is 4.34. The van der Waals surface area contributed by atoms with Crippen LogP contribution >= 0.6 is 0 Å². The summed E-state index contributed by atoms with van der Waals surface area (Å²) in [5.41, 5.74) is 6.49. The summed E-state index contributed by atoms with van der Waals surface area (Å²) in [6, 6.07) is 5.18. The third-order valence-electron chi connectivity index (χ3n) is 3.01. The lowest BCUT2D eigenvalue weighted by atomic mass is 10.2. The fourth-order valence-corrected chi connectivity index (χ4v) is 3.26. The average molecular weight is 297 g/mol. The number of aromatic amines is 1. The molecular weight excluding hydrogens is 282 g/mol. The molecule has 20 heavy (non-hydrogen) atoms. The van der Waals surface area contributed by atoms with Gasteiger partial charge in [0.25, 0.3) is 15.9 Å². The van der Waals surface area contributed by atoms with Crippen molar-refractivity contribution in [2.75, 3.05) is 14.2 Å². The quantitative estimate of drug-likeness (QED) is 0.812. The molecule has 0 fully saturated rings. The van der Waals surface area contributed by atoms with E-state index in [0.29, 0.717) is 15.4 Å². The van der Waals surface area contributed by atoms with Crippen molar-refractivity contribution in [3.05, 3.63) is 29.5 Å². The second kappa shape index (κ2) is 4.89. The number of sulfonamides is 1. The number of primary amides is 1. The van der Waals surface area contributed by atoms with Crippen LogP contribution in [0.1, 0.15) is 16.1 Å². The number of carbonyl (C=O) groups is 1. The number of nitrogens with zero attached hydrogens (tertiary/aromatic N) is 1. The van der Waals surface area contributed by atoms with Crippen LogP contribution < -0.4 is 5.73 Å². The number of carbonyl (C=O) groups excluding carboxylic acids is 1. The van der Waals surface area contributed by atoms with Crippen LogP contribution in [0, 0.1) is 6.92 Å². The molecule has 1 aromatic carbocycles. The predicted octanol–water partition coefficient (Wildman–Crippen LogP) is 0.757. The summed E-state index contributed by atoms with van der Waals surface area (Å²) < 4.78 is 25.6. The third-order valence-corrected chi connectivity index (χ3v) is 4.77. The Balaban J connectivity index is 2.88. The Labute approximate surface area is 116 Å². The lowest BCUT2D eigenvalue weighted by molar-refractivity contribution is -0.0258. The molecule has 0 aliphatic heterocycles. The van der Waals surface area contributed by atoms with Crippen LogP contribution in [0.15, 0.2) is 23.1 Å². The van der Waals surface area contributed by atoms with E-state index >= 15 is 0 Å². The highest BCUT2D eigenvalue weighted by Crippen LogP contribution is 2.29. The van der Waals surface area contributed by atoms with Gasteiger partial charge in [0.1, 0.15) is 10.6 Å². The van der Waals surface area contributed by atoms with Crippen LogP contribution in [-0.2, 0) is 14.9 Å². The minimum Gasteiger partial charge on any atom is -0.364 e. The minimum absolute atomic E-state index is 0.158. The fourth-order valence-electron chi connectivity index (χ4n) is 1.95. The minimum atomic E-state index is -3.99. The molecule has 2 rings (SSSR count). The van der Waals surface area contributed by atoms with Gasteiger partial charge >= 0.3 is 0 Å². The Bertz CT molecular complexity index is 779. The van der Waals surface area contributed by atoms with Crippen molar-refractivity contribution in [2.24, 2.45) is 5.73 Å². The van der Waals surface area contributed by atoms with Crippen molar-refractivity contribution in [1.29, 1.82) is 0 Å². The Morgan fingerprint density at radius 2 is 2.05 bits per heavy atom. The van der Waals surface area contributed by atoms with Crippen molar-refractivity contribution >= 4 is 26.8 Å². The highest BCUT2D eigenvalue weighted by molar-refractivity contribution is 7.89. The highest BCUT2D eigenvalue weighted by Gasteiger charge is 2.30. The van der Waals surface area contributed by atoms with E-state index in [2.05, 4.69) is 4.98 Å². The molecule has 3 N–H and O–H groups in total. The molecule has 0 radical (unpaired) electrons. The maximum Gasteiger partial charge on any atom is 0.267 e. The standard InChI is InChI=1S/C12H15N3O4S/c1-7-4-5-9-8(6-7)11(10(14-9)12(13)16)20(17,18)15(2)19-3/h4-6,14H,1-3H3,(H2,13,16). The van der Waals surface area contributed by atoms with Crippen LogP contribution in [0.5, 0.6) is 0 Å². The summed E-state index contributed by atoms with van der Waals surface area (Å²) in [5, 5.41) is 0.405. The summed E-state index contributed by atoms with van der Waals surface area (Å²) in [6.07, 6.45) is 0. The molecule has 2 aromatic rings. The molecule has 0 aliphatic rings. The third kappa shape index (κ3) is 2.17. The second-order valence-corrected chi connectivity index (χ2v) is 6.21. The van der Waals surface area contributed by atoms with E-state index in [0.717, 1.165) is 5.56 Å². The molecule has 0 aliphatic carbocycles. The molecule has 108 valence electrons. The topological polar surface area (TPSA) is 105 Å². The number of amides is 1. The molecule has 0 saturated heterocycles. The Morgan fingerprint density at radius 1 is 1.40 bits per heavy atom. The molecule has 0 saturated carbocycles. The number of hydrogen-bond acceptors (Lipinski definition) is 4. The van der Waals surface area contributed by atoms with Gasteiger partial charge in [0, 0.05) is 18.0 Å². The zero-order valence-corrected chi connectivity index (χ0v) is 12.1. The highest BCUT2D eigenvalue weighted by atomic mass is 32.2. The van der Waals surface area contributed by atoms with E-state index in [1.165, 1.54) is 14.2 Å². The molecule has 7 nitrogen and oxygen atoms in total. The SMILES string of the molecule is CON(C)S(=O)(=O)c1c(C(N)=O)[nH]c2ccc(C)cc12. The molecule has 0 unspecified atom stereocenters. The van der Waals surface area contributed by atoms with E-state index in [1.54, 1.807) is 18.2 Å². The number of aromatic nitrogens is 1. The molecule has 0 spiro atoms. The number of aryl methyl sites for hydroxylation is 1. The van der Waals surface area contributed by atoms with E-state index in [-0.39, 0.29) is 10.6 Å². The molecule has 1 aromatic heterocycles. The van der Waals surface area contributed by atoms with Crippen molar-refractivity contribution in [3.63, 3.8) is 0 Å². The molecule has 0 atom stereocenters. The van der Waals surface area contributed by atoms with Gasteiger partial charge in [0.15, 0.2) is 0 Å². The van der Waals surface area contributed by atoms with Gasteiger partial charge in [-0.05, 0) is 19.1 Å². The first kappa shape index (κ1) is 14.5. The summed E-state index contributed by atoms with van der Waals surface area (Å²) in [6.45, 7) is 1.83. The first-order valence-electron chi connectivity index (χ1n) is 5.74. The largest absolute Gasteiger partial charge is 0.364 e. The van der Waals surface area contributed by atoms with E-state index in [9.17, 15) is 13.2 Å². The molecular formula is C12H15N3O4S. The summed E-state index contributed by atoms with van der Waals surface area (Å²) >= 11 is 0. The Morgan fingerprint density at radius 3 is 2.60 bits per heavy atom. The van der Waals surface area contributed by atoms with Gasteiger partial charge in [-0.2, -0.15) is 0 Å². The van der Waals surface area contributed by atoms with Crippen LogP contribution in [0.25, 0.3) is 10.9 Å². The number of rotatable bonds is 4.